The molecular formula is C22H27N5O2. The minimum Gasteiger partial charge on any atom is -0.493 e. The van der Waals surface area contributed by atoms with Gasteiger partial charge in [0.15, 0.2) is 17.8 Å². The lowest BCUT2D eigenvalue weighted by molar-refractivity contribution is 0.0683. The standard InChI is InChI=1S/C22H27N5O2/c1-26-12-8-18(16-6-9-23-10-7-16)25-22(26)27-13-11-24-19(15-27)17-4-5-20(28-2)21(14-17)29-3/h4-10,12,14,19,22,24H,11,13,15H2,1-3H3. The summed E-state index contributed by atoms with van der Waals surface area (Å²) in [6.45, 7) is 2.68. The third kappa shape index (κ3) is 4.11. The van der Waals surface area contributed by atoms with Crippen LogP contribution in [-0.4, -0.2) is 67.7 Å². The Balaban J connectivity index is 1.55. The van der Waals surface area contributed by atoms with Gasteiger partial charge < -0.3 is 19.7 Å². The van der Waals surface area contributed by atoms with Gasteiger partial charge in [0, 0.05) is 56.9 Å². The van der Waals surface area contributed by atoms with Crippen molar-refractivity contribution in [3.63, 3.8) is 0 Å². The van der Waals surface area contributed by atoms with Crippen molar-refractivity contribution >= 4 is 5.71 Å². The van der Waals surface area contributed by atoms with Crippen LogP contribution in [0.2, 0.25) is 0 Å². The summed E-state index contributed by atoms with van der Waals surface area (Å²) in [5, 5.41) is 3.62. The quantitative estimate of drug-likeness (QED) is 0.841. The van der Waals surface area contributed by atoms with Gasteiger partial charge in [0.1, 0.15) is 0 Å². The van der Waals surface area contributed by atoms with E-state index in [2.05, 4.69) is 51.6 Å². The molecule has 7 nitrogen and oxygen atoms in total. The first-order chi connectivity index (χ1) is 14.2. The van der Waals surface area contributed by atoms with Crippen molar-refractivity contribution in [3.8, 4) is 11.5 Å². The molecule has 0 amide bonds. The number of hydrogen-bond acceptors (Lipinski definition) is 7. The minimum absolute atomic E-state index is 0.0343. The summed E-state index contributed by atoms with van der Waals surface area (Å²) in [5.74, 6) is 1.49. The van der Waals surface area contributed by atoms with E-state index in [0.29, 0.717) is 0 Å². The van der Waals surface area contributed by atoms with Crippen LogP contribution in [0.1, 0.15) is 17.2 Å². The Morgan fingerprint density at radius 2 is 1.86 bits per heavy atom. The maximum atomic E-state index is 5.48. The summed E-state index contributed by atoms with van der Waals surface area (Å²) < 4.78 is 10.9. The molecule has 2 aliphatic rings. The van der Waals surface area contributed by atoms with Gasteiger partial charge in [0.25, 0.3) is 0 Å². The Labute approximate surface area is 171 Å². The lowest BCUT2D eigenvalue weighted by Gasteiger charge is -2.41. The lowest BCUT2D eigenvalue weighted by atomic mass is 10.0. The first-order valence-electron chi connectivity index (χ1n) is 9.77. The van der Waals surface area contributed by atoms with Crippen molar-refractivity contribution in [1.82, 2.24) is 20.1 Å². The van der Waals surface area contributed by atoms with Crippen LogP contribution in [0.15, 0.2) is 60.0 Å². The van der Waals surface area contributed by atoms with Gasteiger partial charge in [-0.1, -0.05) is 6.07 Å². The molecule has 0 spiro atoms. The number of methoxy groups -OCH3 is 2. The number of aliphatic imine (C=N–C) groups is 1. The van der Waals surface area contributed by atoms with Crippen LogP contribution in [0, 0.1) is 0 Å². The van der Waals surface area contributed by atoms with Crippen LogP contribution in [0.25, 0.3) is 0 Å². The van der Waals surface area contributed by atoms with Gasteiger partial charge in [-0.25, -0.2) is 4.99 Å². The Bertz CT molecular complexity index is 899. The lowest BCUT2D eigenvalue weighted by Crippen LogP contribution is -2.54. The smallest absolute Gasteiger partial charge is 0.178 e. The number of nitrogens with one attached hydrogen (secondary N) is 1. The number of piperazine rings is 1. The minimum atomic E-state index is -0.0343. The van der Waals surface area contributed by atoms with Gasteiger partial charge >= 0.3 is 0 Å². The molecule has 2 aliphatic heterocycles. The first kappa shape index (κ1) is 19.4. The fraction of sp³-hybridized carbons (Fsp3) is 0.364. The maximum Gasteiger partial charge on any atom is 0.178 e. The predicted molar refractivity (Wildman–Crippen MR) is 113 cm³/mol. The molecule has 2 unspecified atom stereocenters. The van der Waals surface area contributed by atoms with Crippen molar-refractivity contribution in [3.05, 3.63) is 66.1 Å². The Kier molecular flexibility index (Phi) is 5.78. The molecule has 0 bridgehead atoms. The van der Waals surface area contributed by atoms with Gasteiger partial charge in [0.2, 0.25) is 0 Å². The molecule has 2 aromatic rings. The van der Waals surface area contributed by atoms with Gasteiger partial charge in [-0.3, -0.25) is 9.88 Å². The SMILES string of the molecule is COc1ccc(C2CN(C3N=C(c4ccncc4)C=CN3C)CCN2)cc1OC. The van der Waals surface area contributed by atoms with E-state index in [-0.39, 0.29) is 12.3 Å². The molecule has 1 aromatic carbocycles. The molecule has 0 saturated carbocycles. The van der Waals surface area contributed by atoms with Crippen molar-refractivity contribution in [2.24, 2.45) is 4.99 Å². The van der Waals surface area contributed by atoms with E-state index in [1.807, 2.05) is 18.2 Å². The van der Waals surface area contributed by atoms with Crippen molar-refractivity contribution < 1.29 is 9.47 Å². The molecular weight excluding hydrogens is 366 g/mol. The largest absolute Gasteiger partial charge is 0.493 e. The highest BCUT2D eigenvalue weighted by molar-refractivity contribution is 6.08. The average Bonchev–Trinajstić information content (AvgIpc) is 2.79. The molecule has 29 heavy (non-hydrogen) atoms. The molecule has 7 heteroatoms. The van der Waals surface area contributed by atoms with E-state index in [0.717, 1.165) is 42.4 Å². The zero-order valence-corrected chi connectivity index (χ0v) is 17.1. The van der Waals surface area contributed by atoms with Gasteiger partial charge in [-0.05, 0) is 35.9 Å². The van der Waals surface area contributed by atoms with Crippen molar-refractivity contribution in [1.29, 1.82) is 0 Å². The highest BCUT2D eigenvalue weighted by Gasteiger charge is 2.29. The van der Waals surface area contributed by atoms with E-state index in [1.54, 1.807) is 26.6 Å². The van der Waals surface area contributed by atoms with Crippen molar-refractivity contribution in [2.45, 2.75) is 12.3 Å². The maximum absolute atomic E-state index is 5.48. The van der Waals surface area contributed by atoms with Crippen LogP contribution in [-0.2, 0) is 0 Å². The highest BCUT2D eigenvalue weighted by atomic mass is 16.5. The van der Waals surface area contributed by atoms with Crippen molar-refractivity contribution in [2.75, 3.05) is 40.9 Å². The second-order valence-corrected chi connectivity index (χ2v) is 7.19. The summed E-state index contributed by atoms with van der Waals surface area (Å²) >= 11 is 0. The fourth-order valence-electron chi connectivity index (χ4n) is 3.83. The van der Waals surface area contributed by atoms with E-state index in [4.69, 9.17) is 14.5 Å². The monoisotopic (exact) mass is 393 g/mol. The van der Waals surface area contributed by atoms with Crippen LogP contribution < -0.4 is 14.8 Å². The third-order valence-corrected chi connectivity index (χ3v) is 5.41. The summed E-state index contributed by atoms with van der Waals surface area (Å²) in [6, 6.07) is 10.3. The van der Waals surface area contributed by atoms with Gasteiger partial charge in [-0.15, -0.1) is 0 Å². The highest BCUT2D eigenvalue weighted by Crippen LogP contribution is 2.31. The number of hydrogen-bond donors (Lipinski definition) is 1. The molecule has 1 saturated heterocycles. The first-order valence-corrected chi connectivity index (χ1v) is 9.77. The molecule has 0 aliphatic carbocycles. The molecule has 2 atom stereocenters. The Morgan fingerprint density at radius 3 is 2.62 bits per heavy atom. The predicted octanol–water partition coefficient (Wildman–Crippen LogP) is 2.28. The van der Waals surface area contributed by atoms with E-state index >= 15 is 0 Å². The number of ether oxygens (including phenoxy) is 2. The fourth-order valence-corrected chi connectivity index (χ4v) is 3.83. The second kappa shape index (κ2) is 8.63. The van der Waals surface area contributed by atoms with Gasteiger partial charge in [0.05, 0.1) is 19.9 Å². The van der Waals surface area contributed by atoms with E-state index in [1.165, 1.54) is 5.56 Å². The number of aromatic nitrogens is 1. The summed E-state index contributed by atoms with van der Waals surface area (Å²) in [5.41, 5.74) is 3.25. The zero-order chi connectivity index (χ0) is 20.2. The molecule has 1 fully saturated rings. The summed E-state index contributed by atoms with van der Waals surface area (Å²) in [6.07, 6.45) is 7.72. The molecule has 3 heterocycles. The number of benzene rings is 1. The molecule has 0 radical (unpaired) electrons. The van der Waals surface area contributed by atoms with Crippen LogP contribution >= 0.6 is 0 Å². The normalized spacial score (nSPS) is 22.3. The van der Waals surface area contributed by atoms with Crippen LogP contribution in [0.4, 0.5) is 0 Å². The van der Waals surface area contributed by atoms with E-state index < -0.39 is 0 Å². The van der Waals surface area contributed by atoms with Crippen LogP contribution in [0.5, 0.6) is 11.5 Å². The number of pyridine rings is 1. The Hall–Kier alpha value is -2.90. The van der Waals surface area contributed by atoms with Crippen LogP contribution in [0.3, 0.4) is 0 Å². The molecule has 1 aromatic heterocycles. The molecule has 152 valence electrons. The number of rotatable bonds is 5. The topological polar surface area (TPSA) is 62.2 Å². The molecule has 4 rings (SSSR count). The van der Waals surface area contributed by atoms with E-state index in [9.17, 15) is 0 Å². The zero-order valence-electron chi connectivity index (χ0n) is 17.1. The Morgan fingerprint density at radius 1 is 1.07 bits per heavy atom. The molecule has 1 N–H and O–H groups in total. The number of allylic oxidation sites excluding steroid dienone is 1. The van der Waals surface area contributed by atoms with Gasteiger partial charge in [-0.2, -0.15) is 0 Å². The average molecular weight is 393 g/mol. The summed E-state index contributed by atoms with van der Waals surface area (Å²) in [4.78, 5) is 13.7. The summed E-state index contributed by atoms with van der Waals surface area (Å²) in [7, 11) is 5.39. The second-order valence-electron chi connectivity index (χ2n) is 7.19. The third-order valence-electron chi connectivity index (χ3n) is 5.41. The number of nitrogens with zero attached hydrogens (tertiary/aromatic N) is 4.